The second-order valence-electron chi connectivity index (χ2n) is 1.79. The summed E-state index contributed by atoms with van der Waals surface area (Å²) >= 11 is 0. The quantitative estimate of drug-likeness (QED) is 0.593. The SMILES string of the molecule is CC=CP(=O)(C=CC)OC. The Bertz CT molecular complexity index is 166. The average Bonchev–Trinajstić information content (AvgIpc) is 1.89. The Morgan fingerprint density at radius 1 is 1.20 bits per heavy atom. The van der Waals surface area contributed by atoms with E-state index in [-0.39, 0.29) is 0 Å². The fraction of sp³-hybridized carbons (Fsp3) is 0.429. The highest BCUT2D eigenvalue weighted by molar-refractivity contribution is 7.65. The first kappa shape index (κ1) is 9.67. The number of hydrogen-bond acceptors (Lipinski definition) is 2. The maximum atomic E-state index is 11.4. The molecule has 0 bridgehead atoms. The molecule has 0 rings (SSSR count). The predicted molar refractivity (Wildman–Crippen MR) is 44.2 cm³/mol. The molecule has 58 valence electrons. The van der Waals surface area contributed by atoms with Gasteiger partial charge in [0.1, 0.15) is 0 Å². The summed E-state index contributed by atoms with van der Waals surface area (Å²) in [7, 11) is -1.12. The highest BCUT2D eigenvalue weighted by Crippen LogP contribution is 2.48. The van der Waals surface area contributed by atoms with Crippen molar-refractivity contribution in [3.63, 3.8) is 0 Å². The van der Waals surface area contributed by atoms with Crippen LogP contribution in [0.4, 0.5) is 0 Å². The molecule has 3 heteroatoms. The lowest BCUT2D eigenvalue weighted by Crippen LogP contribution is -1.74. The second-order valence-corrected chi connectivity index (χ2v) is 4.04. The van der Waals surface area contributed by atoms with Gasteiger partial charge in [0.2, 0.25) is 7.37 Å². The van der Waals surface area contributed by atoms with Gasteiger partial charge in [0.25, 0.3) is 0 Å². The van der Waals surface area contributed by atoms with Gasteiger partial charge in [-0.2, -0.15) is 0 Å². The third-order valence-corrected chi connectivity index (χ3v) is 3.00. The van der Waals surface area contributed by atoms with Crippen molar-refractivity contribution in [2.24, 2.45) is 0 Å². The van der Waals surface area contributed by atoms with Crippen molar-refractivity contribution in [1.82, 2.24) is 0 Å². The van der Waals surface area contributed by atoms with Gasteiger partial charge < -0.3 is 4.52 Å². The first-order valence-corrected chi connectivity index (χ1v) is 4.87. The van der Waals surface area contributed by atoms with Gasteiger partial charge in [-0.15, -0.1) is 0 Å². The van der Waals surface area contributed by atoms with E-state index >= 15 is 0 Å². The molecule has 0 spiro atoms. The normalized spacial score (nSPS) is 18.3. The lowest BCUT2D eigenvalue weighted by atomic mass is 10.8. The zero-order valence-corrected chi connectivity index (χ0v) is 7.47. The predicted octanol–water partition coefficient (Wildman–Crippen LogP) is 2.98. The summed E-state index contributed by atoms with van der Waals surface area (Å²) in [4.78, 5) is 0. The molecule has 0 aliphatic carbocycles. The molecule has 0 amide bonds. The van der Waals surface area contributed by atoms with Crippen LogP contribution in [0.3, 0.4) is 0 Å². The summed E-state index contributed by atoms with van der Waals surface area (Å²) in [5.74, 6) is 3.15. The van der Waals surface area contributed by atoms with E-state index in [0.29, 0.717) is 0 Å². The van der Waals surface area contributed by atoms with Crippen molar-refractivity contribution >= 4 is 7.37 Å². The largest absolute Gasteiger partial charge is 0.326 e. The maximum absolute atomic E-state index is 11.4. The molecule has 0 saturated heterocycles. The molecule has 0 aromatic rings. The van der Waals surface area contributed by atoms with Gasteiger partial charge in [-0.25, -0.2) is 0 Å². The van der Waals surface area contributed by atoms with Gasteiger partial charge in [0.15, 0.2) is 0 Å². The lowest BCUT2D eigenvalue weighted by molar-refractivity contribution is 0.410. The van der Waals surface area contributed by atoms with E-state index < -0.39 is 7.37 Å². The lowest BCUT2D eigenvalue weighted by Gasteiger charge is -2.03. The molecule has 0 fully saturated rings. The standard InChI is InChI=1S/C7H13O2P/c1-4-6-10(8,9-3)7-5-2/h4-7H,1-3H3. The molecule has 10 heavy (non-hydrogen) atoms. The smallest absolute Gasteiger partial charge is 0.246 e. The Morgan fingerprint density at radius 3 is 1.80 bits per heavy atom. The zero-order chi connectivity index (χ0) is 8.04. The van der Waals surface area contributed by atoms with E-state index in [4.69, 9.17) is 4.52 Å². The van der Waals surface area contributed by atoms with Gasteiger partial charge in [-0.3, -0.25) is 4.57 Å². The van der Waals surface area contributed by atoms with Crippen LogP contribution < -0.4 is 0 Å². The molecule has 0 aliphatic rings. The molecule has 0 radical (unpaired) electrons. The Hall–Kier alpha value is -0.330. The van der Waals surface area contributed by atoms with Crippen molar-refractivity contribution in [3.8, 4) is 0 Å². The highest BCUT2D eigenvalue weighted by Gasteiger charge is 2.09. The fourth-order valence-corrected chi connectivity index (χ4v) is 1.76. The van der Waals surface area contributed by atoms with Crippen LogP contribution in [0, 0.1) is 0 Å². The van der Waals surface area contributed by atoms with Gasteiger partial charge in [-0.05, 0) is 13.8 Å². The molecule has 0 heterocycles. The van der Waals surface area contributed by atoms with Crippen molar-refractivity contribution < 1.29 is 9.09 Å². The summed E-state index contributed by atoms with van der Waals surface area (Å²) in [5, 5.41) is 0. The van der Waals surface area contributed by atoms with Gasteiger partial charge in [0, 0.05) is 18.7 Å². The third-order valence-electron chi connectivity index (χ3n) is 0.999. The molecule has 2 nitrogen and oxygen atoms in total. The number of allylic oxidation sites excluding steroid dienone is 2. The van der Waals surface area contributed by atoms with Gasteiger partial charge in [0.05, 0.1) is 0 Å². The third kappa shape index (κ3) is 3.00. The molecular formula is C7H13O2P. The molecule has 0 aromatic heterocycles. The van der Waals surface area contributed by atoms with Crippen LogP contribution in [-0.4, -0.2) is 7.11 Å². The van der Waals surface area contributed by atoms with Crippen LogP contribution in [0.15, 0.2) is 23.8 Å². The van der Waals surface area contributed by atoms with E-state index in [1.807, 2.05) is 13.8 Å². The van der Waals surface area contributed by atoms with Crippen LogP contribution in [-0.2, 0) is 9.09 Å². The summed E-state index contributed by atoms with van der Waals surface area (Å²) in [5.41, 5.74) is 0. The van der Waals surface area contributed by atoms with Crippen molar-refractivity contribution in [2.45, 2.75) is 13.8 Å². The van der Waals surface area contributed by atoms with Crippen LogP contribution in [0.2, 0.25) is 0 Å². The summed E-state index contributed by atoms with van der Waals surface area (Å²) in [6.07, 6.45) is 3.45. The summed E-state index contributed by atoms with van der Waals surface area (Å²) in [6, 6.07) is 0. The van der Waals surface area contributed by atoms with E-state index in [0.717, 1.165) is 0 Å². The van der Waals surface area contributed by atoms with Crippen molar-refractivity contribution in [2.75, 3.05) is 7.11 Å². The first-order chi connectivity index (χ1) is 4.68. The molecule has 0 N–H and O–H groups in total. The molecule has 0 saturated carbocycles. The minimum absolute atomic E-state index is 1.45. The van der Waals surface area contributed by atoms with Crippen LogP contribution in [0.1, 0.15) is 13.8 Å². The minimum atomic E-state index is -2.56. The number of rotatable bonds is 3. The molecule has 0 aliphatic heterocycles. The summed E-state index contributed by atoms with van der Waals surface area (Å²) in [6.45, 7) is 3.63. The average molecular weight is 160 g/mol. The van der Waals surface area contributed by atoms with Gasteiger partial charge >= 0.3 is 0 Å². The molecule has 0 unspecified atom stereocenters. The van der Waals surface area contributed by atoms with Crippen LogP contribution >= 0.6 is 7.37 Å². The maximum Gasteiger partial charge on any atom is 0.246 e. The molecule has 0 aromatic carbocycles. The van der Waals surface area contributed by atoms with E-state index in [2.05, 4.69) is 0 Å². The second kappa shape index (κ2) is 4.48. The monoisotopic (exact) mass is 160 g/mol. The number of hydrogen-bond donors (Lipinski definition) is 0. The Kier molecular flexibility index (Phi) is 4.33. The van der Waals surface area contributed by atoms with Crippen molar-refractivity contribution in [3.05, 3.63) is 23.8 Å². The van der Waals surface area contributed by atoms with Crippen LogP contribution in [0.25, 0.3) is 0 Å². The van der Waals surface area contributed by atoms with Crippen molar-refractivity contribution in [1.29, 1.82) is 0 Å². The van der Waals surface area contributed by atoms with E-state index in [9.17, 15) is 4.57 Å². The Morgan fingerprint density at radius 2 is 1.60 bits per heavy atom. The molecule has 0 atom stereocenters. The van der Waals surface area contributed by atoms with Crippen LogP contribution in [0.5, 0.6) is 0 Å². The fourth-order valence-electron chi connectivity index (χ4n) is 0.587. The zero-order valence-electron chi connectivity index (χ0n) is 6.57. The van der Waals surface area contributed by atoms with E-state index in [1.165, 1.54) is 7.11 Å². The first-order valence-electron chi connectivity index (χ1n) is 3.11. The minimum Gasteiger partial charge on any atom is -0.326 e. The topological polar surface area (TPSA) is 26.3 Å². The Labute approximate surface area is 62.0 Å². The summed E-state index contributed by atoms with van der Waals surface area (Å²) < 4.78 is 16.2. The highest BCUT2D eigenvalue weighted by atomic mass is 31.2. The van der Waals surface area contributed by atoms with E-state index in [1.54, 1.807) is 23.8 Å². The Balaban J connectivity index is 4.39. The van der Waals surface area contributed by atoms with Gasteiger partial charge in [-0.1, -0.05) is 12.2 Å². The molecular weight excluding hydrogens is 147 g/mol.